The lowest BCUT2D eigenvalue weighted by Gasteiger charge is -2.19. The van der Waals surface area contributed by atoms with E-state index in [-0.39, 0.29) is 0 Å². The Bertz CT molecular complexity index is 1310. The first kappa shape index (κ1) is 30.4. The van der Waals surface area contributed by atoms with E-state index < -0.39 is 0 Å². The number of terminal acetylenes is 1. The highest BCUT2D eigenvalue weighted by Gasteiger charge is 2.10. The predicted molar refractivity (Wildman–Crippen MR) is 173 cm³/mol. The van der Waals surface area contributed by atoms with Gasteiger partial charge in [-0.2, -0.15) is 0 Å². The van der Waals surface area contributed by atoms with Crippen LogP contribution in [-0.2, 0) is 4.79 Å². The van der Waals surface area contributed by atoms with Gasteiger partial charge in [-0.05, 0) is 78.0 Å². The number of rotatable bonds is 13. The molecule has 1 aliphatic rings. The molecule has 3 rings (SSSR count). The highest BCUT2D eigenvalue weighted by Crippen LogP contribution is 2.27. The fourth-order valence-electron chi connectivity index (χ4n) is 4.57. The Hall–Kier alpha value is -4.10. The van der Waals surface area contributed by atoms with Crippen LogP contribution in [0.25, 0.3) is 11.6 Å². The van der Waals surface area contributed by atoms with Crippen LogP contribution in [0.3, 0.4) is 0 Å². The molecule has 0 spiro atoms. The molecule has 0 radical (unpaired) electrons. The first-order valence-corrected chi connectivity index (χ1v) is 14.2. The highest BCUT2D eigenvalue weighted by molar-refractivity contribution is 6.03. The Kier molecular flexibility index (Phi) is 11.8. The summed E-state index contributed by atoms with van der Waals surface area (Å²) in [5.41, 5.74) is 8.26. The van der Waals surface area contributed by atoms with Crippen molar-refractivity contribution in [3.8, 4) is 12.3 Å². The zero-order valence-electron chi connectivity index (χ0n) is 24.9. The number of benzene rings is 2. The maximum absolute atomic E-state index is 11.9. The van der Waals surface area contributed by atoms with Gasteiger partial charge in [0.15, 0.2) is 5.71 Å². The molecule has 4 nitrogen and oxygen atoms in total. The molecule has 0 saturated heterocycles. The number of anilines is 2. The van der Waals surface area contributed by atoms with E-state index in [1.165, 1.54) is 33.8 Å². The maximum atomic E-state index is 11.9. The lowest BCUT2D eigenvalue weighted by molar-refractivity contribution is -0.462. The molecule has 0 unspecified atom stereocenters. The quantitative estimate of drug-likeness (QED) is 0.157. The first-order valence-electron chi connectivity index (χ1n) is 14.2. The van der Waals surface area contributed by atoms with E-state index in [0.29, 0.717) is 25.0 Å². The number of carbonyl (C=O) groups is 1. The average molecular weight is 535 g/mol. The minimum Gasteiger partial charge on any atom is -0.378 e. The second kappa shape index (κ2) is 15.5. The summed E-state index contributed by atoms with van der Waals surface area (Å²) in [7, 11) is 10.4. The summed E-state index contributed by atoms with van der Waals surface area (Å²) in [6.07, 6.45) is 23.0. The third-order valence-corrected chi connectivity index (χ3v) is 7.14. The number of hydrogen-bond acceptors (Lipinski definition) is 3. The van der Waals surface area contributed by atoms with Crippen LogP contribution in [0.2, 0.25) is 0 Å². The van der Waals surface area contributed by atoms with Crippen LogP contribution in [0.4, 0.5) is 11.4 Å². The van der Waals surface area contributed by atoms with Crippen molar-refractivity contribution in [3.05, 3.63) is 95.6 Å². The van der Waals surface area contributed by atoms with E-state index in [0.717, 1.165) is 31.4 Å². The van der Waals surface area contributed by atoms with Gasteiger partial charge in [0, 0.05) is 70.5 Å². The van der Waals surface area contributed by atoms with Gasteiger partial charge >= 0.3 is 0 Å². The van der Waals surface area contributed by atoms with Crippen molar-refractivity contribution in [3.63, 3.8) is 0 Å². The third-order valence-electron chi connectivity index (χ3n) is 7.14. The van der Waals surface area contributed by atoms with Crippen LogP contribution in [0.15, 0.2) is 84.5 Å². The van der Waals surface area contributed by atoms with Gasteiger partial charge in [-0.15, -0.1) is 12.3 Å². The van der Waals surface area contributed by atoms with Gasteiger partial charge in [0.05, 0.1) is 0 Å². The lowest BCUT2D eigenvalue weighted by Crippen LogP contribution is -2.18. The molecule has 40 heavy (non-hydrogen) atoms. The summed E-state index contributed by atoms with van der Waals surface area (Å²) in [5.74, 6) is 2.92. The molecular formula is C36H44N3O+. The van der Waals surface area contributed by atoms with Crippen LogP contribution in [0.5, 0.6) is 0 Å². The van der Waals surface area contributed by atoms with Crippen LogP contribution in [-0.4, -0.2) is 57.9 Å². The standard InChI is InChI=1S/C36H44N3O/c1-7-8-9-12-35(40)13-10-11-28-39(6)34-21-14-29(15-22-34)16-27-36(30-17-23-32(24-18-30)37(2)3)31-19-25-33(26-20-31)38(4)5/h1,14-27H,8-13,28H2,2-6H3/q+1. The van der Waals surface area contributed by atoms with Crippen molar-refractivity contribution in [2.24, 2.45) is 0 Å². The van der Waals surface area contributed by atoms with Crippen molar-refractivity contribution in [2.75, 3.05) is 51.6 Å². The fraction of sp³-hybridized carbons (Fsp3) is 0.333. The molecule has 0 bridgehead atoms. The second-order valence-electron chi connectivity index (χ2n) is 10.7. The van der Waals surface area contributed by atoms with Gasteiger partial charge in [-0.1, -0.05) is 36.4 Å². The normalized spacial score (nSPS) is 12.5. The molecule has 2 aromatic rings. The van der Waals surface area contributed by atoms with Crippen LogP contribution < -0.4 is 9.80 Å². The van der Waals surface area contributed by atoms with Crippen molar-refractivity contribution in [2.45, 2.75) is 38.5 Å². The summed E-state index contributed by atoms with van der Waals surface area (Å²) in [4.78, 5) is 16.3. The molecule has 0 atom stereocenters. The Morgan fingerprint density at radius 2 is 1.48 bits per heavy atom. The molecule has 0 amide bonds. The summed E-state index contributed by atoms with van der Waals surface area (Å²) < 4.78 is 2.12. The number of hydrogen-bond donors (Lipinski definition) is 0. The van der Waals surface area contributed by atoms with E-state index in [1.807, 2.05) is 0 Å². The van der Waals surface area contributed by atoms with Crippen molar-refractivity contribution < 1.29 is 9.37 Å². The predicted octanol–water partition coefficient (Wildman–Crippen LogP) is 7.04. The molecule has 0 fully saturated rings. The van der Waals surface area contributed by atoms with Crippen molar-refractivity contribution >= 4 is 34.5 Å². The number of nitrogens with zero attached hydrogens (tertiary/aromatic N) is 3. The van der Waals surface area contributed by atoms with Gasteiger partial charge in [-0.3, -0.25) is 4.79 Å². The third kappa shape index (κ3) is 9.27. The topological polar surface area (TPSA) is 26.6 Å². The molecule has 4 heteroatoms. The zero-order valence-corrected chi connectivity index (χ0v) is 24.9. The number of unbranched alkanes of at least 4 members (excludes halogenated alkanes) is 2. The van der Waals surface area contributed by atoms with Crippen molar-refractivity contribution in [1.82, 2.24) is 0 Å². The number of Topliss-reactive ketones (excluding diaryl/α,β-unsaturated/α-hetero) is 1. The summed E-state index contributed by atoms with van der Waals surface area (Å²) >= 11 is 0. The summed E-state index contributed by atoms with van der Waals surface area (Å²) in [5, 5.41) is 0. The smallest absolute Gasteiger partial charge is 0.199 e. The lowest BCUT2D eigenvalue weighted by atomic mass is 9.95. The molecule has 0 aliphatic heterocycles. The second-order valence-corrected chi connectivity index (χ2v) is 10.7. The Morgan fingerprint density at radius 3 is 2.08 bits per heavy atom. The molecule has 208 valence electrons. The minimum atomic E-state index is 0.326. The van der Waals surface area contributed by atoms with Gasteiger partial charge in [0.2, 0.25) is 0 Å². The average Bonchev–Trinajstić information content (AvgIpc) is 2.96. The highest BCUT2D eigenvalue weighted by atomic mass is 16.1. The van der Waals surface area contributed by atoms with Crippen molar-refractivity contribution in [1.29, 1.82) is 0 Å². The molecule has 1 aliphatic carbocycles. The number of carbonyl (C=O) groups excluding carboxylic acids is 1. The van der Waals surface area contributed by atoms with E-state index >= 15 is 0 Å². The van der Waals surface area contributed by atoms with E-state index in [9.17, 15) is 4.79 Å². The summed E-state index contributed by atoms with van der Waals surface area (Å²) in [6, 6.07) is 17.4. The molecule has 2 aromatic carbocycles. The molecule has 0 heterocycles. The minimum absolute atomic E-state index is 0.326. The Balaban J connectivity index is 1.68. The zero-order chi connectivity index (χ0) is 28.9. The largest absolute Gasteiger partial charge is 0.378 e. The van der Waals surface area contributed by atoms with Gasteiger partial charge < -0.3 is 9.80 Å². The SMILES string of the molecule is C#CCCCC(=O)CCCCN(C)c1ccc(/C=C/C(=C2C=CC(=[N+](C)C)C=C2)c2ccc(N(C)C)cc2)cc1. The fourth-order valence-corrected chi connectivity index (χ4v) is 4.57. The number of ketones is 1. The van der Waals surface area contributed by atoms with Crippen LogP contribution >= 0.6 is 0 Å². The van der Waals surface area contributed by atoms with Gasteiger partial charge in [0.1, 0.15) is 19.9 Å². The molecule has 0 N–H and O–H groups in total. The van der Waals surface area contributed by atoms with E-state index in [4.69, 9.17) is 6.42 Å². The Morgan fingerprint density at radius 1 is 0.850 bits per heavy atom. The Labute approximate surface area is 241 Å². The van der Waals surface area contributed by atoms with E-state index in [2.05, 4.69) is 141 Å². The number of allylic oxidation sites excluding steroid dienone is 7. The van der Waals surface area contributed by atoms with E-state index in [1.54, 1.807) is 0 Å². The van der Waals surface area contributed by atoms with Crippen LogP contribution in [0, 0.1) is 12.3 Å². The molecule has 0 saturated carbocycles. The maximum Gasteiger partial charge on any atom is 0.199 e. The monoisotopic (exact) mass is 534 g/mol. The van der Waals surface area contributed by atoms with Crippen LogP contribution in [0.1, 0.15) is 49.7 Å². The van der Waals surface area contributed by atoms with Gasteiger partial charge in [-0.25, -0.2) is 4.58 Å². The summed E-state index contributed by atoms with van der Waals surface area (Å²) in [6.45, 7) is 0.927. The first-order chi connectivity index (χ1) is 19.3. The molecule has 0 aromatic heterocycles. The molecular weight excluding hydrogens is 490 g/mol. The van der Waals surface area contributed by atoms with Gasteiger partial charge in [0.25, 0.3) is 0 Å².